The molecule has 0 aliphatic heterocycles. The number of nitro groups is 2. The van der Waals surface area contributed by atoms with Crippen molar-refractivity contribution in [1.29, 1.82) is 0 Å². The molecule has 10 heteroatoms. The fourth-order valence-corrected chi connectivity index (χ4v) is 0.983. The molecule has 0 fully saturated rings. The van der Waals surface area contributed by atoms with E-state index in [2.05, 4.69) is 10.0 Å². The first-order chi connectivity index (χ1) is 7.07. The first-order valence-electron chi connectivity index (χ1n) is 3.55. The fourth-order valence-electron chi connectivity index (χ4n) is 0.983. The first kappa shape index (κ1) is 14.3. The van der Waals surface area contributed by atoms with Crippen molar-refractivity contribution in [3.8, 4) is 0 Å². The average Bonchev–Trinajstić information content (AvgIpc) is 2.17. The second-order valence-electron chi connectivity index (χ2n) is 2.35. The number of para-hydroxylation sites is 1. The van der Waals surface area contributed by atoms with E-state index < -0.39 is 21.2 Å². The number of hydrogen-bond acceptors (Lipinski definition) is 5. The largest absolute Gasteiger partial charge is 0.355 e. The zero-order chi connectivity index (χ0) is 11.4. The third-order valence-electron chi connectivity index (χ3n) is 1.53. The van der Waals surface area contributed by atoms with E-state index in [0.29, 0.717) is 0 Å². The van der Waals surface area contributed by atoms with Gasteiger partial charge in [0.25, 0.3) is 0 Å². The van der Waals surface area contributed by atoms with E-state index in [-0.39, 0.29) is 33.0 Å². The van der Waals surface area contributed by atoms with Crippen molar-refractivity contribution in [3.05, 3.63) is 48.9 Å². The van der Waals surface area contributed by atoms with E-state index in [4.69, 9.17) is 5.53 Å². The molecule has 0 heterocycles. The summed E-state index contributed by atoms with van der Waals surface area (Å²) in [6, 6.07) is 3.30. The molecule has 0 aromatic heterocycles. The number of benzene rings is 1. The monoisotopic (exact) mass is 417 g/mol. The molecule has 0 atom stereocenters. The van der Waals surface area contributed by atoms with E-state index in [9.17, 15) is 20.2 Å². The molecule has 0 spiro atoms. The van der Waals surface area contributed by atoms with Gasteiger partial charge in [-0.05, 0) is 11.6 Å². The Kier molecular flexibility index (Phi) is 5.32. The minimum absolute atomic E-state index is 0. The maximum absolute atomic E-state index is 10.5. The predicted molar refractivity (Wildman–Crippen MR) is 54.3 cm³/mol. The summed E-state index contributed by atoms with van der Waals surface area (Å²) in [5, 5.41) is 24.0. The smallest absolute Gasteiger partial charge is 0.258 e. The second kappa shape index (κ2) is 5.97. The second-order valence-corrected chi connectivity index (χ2v) is 2.35. The van der Waals surface area contributed by atoms with Gasteiger partial charge < -0.3 is 0 Å². The summed E-state index contributed by atoms with van der Waals surface area (Å²) in [5.74, 6) is 0. The molecule has 0 bridgehead atoms. The van der Waals surface area contributed by atoms with Crippen LogP contribution >= 0.6 is 0 Å². The zero-order valence-electron chi connectivity index (χ0n) is 7.60. The van der Waals surface area contributed by atoms with Crippen LogP contribution in [0.15, 0.2) is 23.3 Å². The van der Waals surface area contributed by atoms with Crippen molar-refractivity contribution < 1.29 is 9.85 Å². The van der Waals surface area contributed by atoms with Crippen LogP contribution in [0.1, 0.15) is 0 Å². The topological polar surface area (TPSA) is 135 Å². The van der Waals surface area contributed by atoms with E-state index in [1.165, 1.54) is 6.07 Å². The number of nitro benzene ring substituents is 2. The summed E-state index contributed by atoms with van der Waals surface area (Å²) < 4.78 is 0. The van der Waals surface area contributed by atoms with Crippen LogP contribution in [0, 0.1) is 20.2 Å². The van der Waals surface area contributed by atoms with Crippen molar-refractivity contribution >= 4 is 44.4 Å². The Morgan fingerprint density at radius 1 is 1.25 bits per heavy atom. The molecule has 0 aliphatic carbocycles. The molecule has 1 aromatic carbocycles. The predicted octanol–water partition coefficient (Wildman–Crippen LogP) is 2.06. The number of azide groups is 1. The molecule has 0 saturated carbocycles. The van der Waals surface area contributed by atoms with Crippen LogP contribution in [0.5, 0.6) is 0 Å². The molecule has 16 heavy (non-hydrogen) atoms. The van der Waals surface area contributed by atoms with Gasteiger partial charge in [-0.3, -0.25) is 20.2 Å². The van der Waals surface area contributed by atoms with Crippen LogP contribution in [0.4, 0.5) is 17.1 Å². The van der Waals surface area contributed by atoms with Crippen LogP contribution in [0.2, 0.25) is 0 Å². The number of nitrogens with zero attached hydrogens (tertiary/aromatic N) is 5. The molecule has 4 radical (unpaired) electrons. The van der Waals surface area contributed by atoms with Crippen molar-refractivity contribution in [2.24, 2.45) is 5.11 Å². The molecule has 0 saturated heterocycles. The summed E-state index contributed by atoms with van der Waals surface area (Å²) in [4.78, 5) is 21.5. The van der Waals surface area contributed by atoms with Crippen LogP contribution < -0.4 is 0 Å². The van der Waals surface area contributed by atoms with Crippen molar-refractivity contribution in [2.45, 2.75) is 0 Å². The van der Waals surface area contributed by atoms with Gasteiger partial charge in [0.05, 0.1) is 9.85 Å². The number of hydrogen-bond donors (Lipinski definition) is 0. The van der Waals surface area contributed by atoms with Gasteiger partial charge in [0.2, 0.25) is 0 Å². The summed E-state index contributed by atoms with van der Waals surface area (Å²) >= 11 is 0. The fraction of sp³-hybridized carbons (Fsp3) is 0. The van der Waals surface area contributed by atoms with E-state index in [0.717, 1.165) is 12.1 Å². The Labute approximate surface area is 108 Å². The minimum Gasteiger partial charge on any atom is -0.258 e. The van der Waals surface area contributed by atoms with Gasteiger partial charge >= 0.3 is 11.4 Å². The van der Waals surface area contributed by atoms with Gasteiger partial charge in [-0.1, -0.05) is 11.2 Å². The summed E-state index contributed by atoms with van der Waals surface area (Å²) in [6.45, 7) is 0. The standard InChI is InChI=1S/C6H3N5O4.Pb/c7-9-8-4-2-1-3-5(10(12)13)6(4)11(14)15;/h1-3H;. The van der Waals surface area contributed by atoms with Gasteiger partial charge in [0.15, 0.2) is 0 Å². The zero-order valence-corrected chi connectivity index (χ0v) is 11.5. The van der Waals surface area contributed by atoms with Crippen LogP contribution in [0.25, 0.3) is 10.4 Å². The third kappa shape index (κ3) is 2.87. The van der Waals surface area contributed by atoms with Crippen LogP contribution in [-0.4, -0.2) is 37.1 Å². The molecule has 1 rings (SSSR count). The molecule has 1 aromatic rings. The first-order valence-corrected chi connectivity index (χ1v) is 3.55. The summed E-state index contributed by atoms with van der Waals surface area (Å²) in [5.41, 5.74) is 6.23. The quantitative estimate of drug-likeness (QED) is 0.186. The van der Waals surface area contributed by atoms with Crippen molar-refractivity contribution in [3.63, 3.8) is 0 Å². The summed E-state index contributed by atoms with van der Waals surface area (Å²) in [7, 11) is 0. The van der Waals surface area contributed by atoms with Gasteiger partial charge in [-0.15, -0.1) is 0 Å². The molecule has 80 valence electrons. The van der Waals surface area contributed by atoms with E-state index in [1.807, 2.05) is 0 Å². The SMILES string of the molecule is [N-]=[N+]=Nc1cccc([N+](=O)[O-])c1[N+](=O)[O-].[Pb]. The normalized spacial score (nSPS) is 8.50. The Balaban J connectivity index is 0.00000225. The molecule has 0 unspecified atom stereocenters. The third-order valence-corrected chi connectivity index (χ3v) is 1.53. The molecular formula is C6H3N5O4Pb. The Morgan fingerprint density at radius 2 is 1.88 bits per heavy atom. The Hall–Kier alpha value is -1.75. The van der Waals surface area contributed by atoms with Crippen molar-refractivity contribution in [2.75, 3.05) is 0 Å². The van der Waals surface area contributed by atoms with Gasteiger partial charge in [0.1, 0.15) is 5.69 Å². The number of rotatable bonds is 3. The van der Waals surface area contributed by atoms with E-state index >= 15 is 0 Å². The van der Waals surface area contributed by atoms with E-state index in [1.54, 1.807) is 0 Å². The molecule has 0 N–H and O–H groups in total. The summed E-state index contributed by atoms with van der Waals surface area (Å²) in [6.07, 6.45) is 0. The molecular weight excluding hydrogens is 413 g/mol. The van der Waals surface area contributed by atoms with Gasteiger partial charge in [0, 0.05) is 38.3 Å². The molecule has 0 amide bonds. The van der Waals surface area contributed by atoms with Gasteiger partial charge in [-0.25, -0.2) is 0 Å². The van der Waals surface area contributed by atoms with Crippen LogP contribution in [-0.2, 0) is 0 Å². The average molecular weight is 416 g/mol. The Morgan fingerprint density at radius 3 is 2.31 bits per heavy atom. The van der Waals surface area contributed by atoms with Crippen molar-refractivity contribution in [1.82, 2.24) is 0 Å². The maximum Gasteiger partial charge on any atom is 0.355 e. The molecule has 0 aliphatic rings. The Bertz CT molecular complexity index is 464. The maximum atomic E-state index is 10.5. The van der Waals surface area contributed by atoms with Crippen LogP contribution in [0.3, 0.4) is 0 Å². The van der Waals surface area contributed by atoms with Gasteiger partial charge in [-0.2, -0.15) is 0 Å². The minimum atomic E-state index is -0.956. The molecule has 9 nitrogen and oxygen atoms in total.